The van der Waals surface area contributed by atoms with Crippen LogP contribution < -0.4 is 21.2 Å². The van der Waals surface area contributed by atoms with E-state index in [0.717, 1.165) is 0 Å². The van der Waals surface area contributed by atoms with E-state index in [9.17, 15) is 0 Å². The van der Waals surface area contributed by atoms with Crippen LogP contribution in [0.5, 0.6) is 0 Å². The van der Waals surface area contributed by atoms with Gasteiger partial charge in [0, 0.05) is 0 Å². The summed E-state index contributed by atoms with van der Waals surface area (Å²) in [6.45, 7) is 0. The quantitative estimate of drug-likeness (QED) is 0.143. The van der Waals surface area contributed by atoms with Crippen molar-refractivity contribution in [1.29, 1.82) is 0 Å². The van der Waals surface area contributed by atoms with Crippen molar-refractivity contribution < 1.29 is 0 Å². The molecule has 4 aromatic rings. The summed E-state index contributed by atoms with van der Waals surface area (Å²) in [6.07, 6.45) is 4.83. The third kappa shape index (κ3) is 5.46. The summed E-state index contributed by atoms with van der Waals surface area (Å²) in [5.41, 5.74) is -3.05. The number of benzene rings is 4. The van der Waals surface area contributed by atoms with E-state index in [-0.39, 0.29) is 0 Å². The Hall–Kier alpha value is -1.22. The summed E-state index contributed by atoms with van der Waals surface area (Å²) in [7, 11) is 0. The number of hydrogen-bond acceptors (Lipinski definition) is 0. The molecule has 0 N–H and O–H groups in total. The van der Waals surface area contributed by atoms with Gasteiger partial charge in [-0.05, 0) is 0 Å². The predicted molar refractivity (Wildman–Crippen MR) is 149 cm³/mol. The normalized spacial score (nSPS) is 11.9. The minimum atomic E-state index is -1.52. The van der Waals surface area contributed by atoms with E-state index in [1.54, 1.807) is 0 Å². The molecule has 0 amide bonds. The van der Waals surface area contributed by atoms with Crippen LogP contribution in [0.2, 0.25) is 0 Å². The fourth-order valence-electron chi connectivity index (χ4n) is 4.16. The molecule has 0 aliphatic rings. The second-order valence-electron chi connectivity index (χ2n) is 7.98. The molecule has 0 bridgehead atoms. The monoisotopic (exact) mass is 586 g/mol. The zero-order valence-electron chi connectivity index (χ0n) is 18.1. The third-order valence-electron chi connectivity index (χ3n) is 5.89. The van der Waals surface area contributed by atoms with Gasteiger partial charge in [-0.15, -0.1) is 0 Å². The molecular formula is C28H28P2Se2. The van der Waals surface area contributed by atoms with Gasteiger partial charge in [0.2, 0.25) is 0 Å². The van der Waals surface area contributed by atoms with Gasteiger partial charge in [-0.1, -0.05) is 0 Å². The van der Waals surface area contributed by atoms with Crippen molar-refractivity contribution in [2.24, 2.45) is 0 Å². The second-order valence-corrected chi connectivity index (χ2v) is 21.7. The van der Waals surface area contributed by atoms with Gasteiger partial charge in [-0.2, -0.15) is 0 Å². The molecule has 4 heteroatoms. The molecule has 0 spiro atoms. The molecule has 162 valence electrons. The Morgan fingerprint density at radius 1 is 0.375 bits per heavy atom. The molecule has 0 atom stereocenters. The first-order valence-corrected chi connectivity index (χ1v) is 19.4. The van der Waals surface area contributed by atoms with Gasteiger partial charge < -0.3 is 0 Å². The van der Waals surface area contributed by atoms with E-state index in [0.29, 0.717) is 0 Å². The first-order valence-electron chi connectivity index (χ1n) is 11.0. The van der Waals surface area contributed by atoms with Crippen LogP contribution >= 0.6 is 11.0 Å². The fraction of sp³-hybridized carbons (Fsp3) is 0.143. The van der Waals surface area contributed by atoms with E-state index < -0.39 is 11.0 Å². The molecule has 0 heterocycles. The average Bonchev–Trinajstić information content (AvgIpc) is 2.88. The maximum absolute atomic E-state index is 3.70. The standard InChI is InChI=1S/C28H28P2Se2/c31-29(25-15-5-1-6-16-25,26-17-7-2-8-18-26)23-13-14-24-30(32,27-19-9-3-10-20-27)28-21-11-4-12-22-28/h1-12,15-22H,13-14,23-24H2. The average molecular weight is 584 g/mol. The van der Waals surface area contributed by atoms with E-state index in [1.165, 1.54) is 46.4 Å². The molecule has 0 unspecified atom stereocenters. The first-order chi connectivity index (χ1) is 15.6. The molecule has 0 radical (unpaired) electrons. The van der Waals surface area contributed by atoms with Crippen molar-refractivity contribution >= 4 is 62.4 Å². The van der Waals surface area contributed by atoms with Crippen molar-refractivity contribution in [2.45, 2.75) is 12.8 Å². The van der Waals surface area contributed by atoms with Crippen LogP contribution in [-0.4, -0.2) is 42.5 Å². The van der Waals surface area contributed by atoms with Gasteiger partial charge in [-0.25, -0.2) is 0 Å². The van der Waals surface area contributed by atoms with Crippen LogP contribution in [0.25, 0.3) is 0 Å². The van der Waals surface area contributed by atoms with E-state index in [4.69, 9.17) is 0 Å². The zero-order chi connectivity index (χ0) is 22.3. The van der Waals surface area contributed by atoms with Gasteiger partial charge in [0.1, 0.15) is 0 Å². The van der Waals surface area contributed by atoms with Crippen LogP contribution in [0.1, 0.15) is 12.8 Å². The van der Waals surface area contributed by atoms with Crippen LogP contribution in [0, 0.1) is 0 Å². The van der Waals surface area contributed by atoms with Crippen LogP contribution in [0.15, 0.2) is 121 Å². The Morgan fingerprint density at radius 3 is 0.812 bits per heavy atom. The third-order valence-corrected chi connectivity index (χ3v) is 19.9. The van der Waals surface area contributed by atoms with Crippen molar-refractivity contribution in [2.75, 3.05) is 12.3 Å². The molecule has 0 nitrogen and oxygen atoms in total. The number of unbranched alkanes of at least 4 members (excludes halogenated alkanes) is 1. The van der Waals surface area contributed by atoms with Crippen LogP contribution in [0.4, 0.5) is 0 Å². The summed E-state index contributed by atoms with van der Waals surface area (Å²) in [5, 5.41) is 5.84. The van der Waals surface area contributed by atoms with Gasteiger partial charge in [0.05, 0.1) is 0 Å². The summed E-state index contributed by atoms with van der Waals surface area (Å²) < 4.78 is 0. The molecule has 32 heavy (non-hydrogen) atoms. The summed E-state index contributed by atoms with van der Waals surface area (Å²) in [4.78, 5) is 0. The molecule has 0 aliphatic carbocycles. The number of hydrogen-bond donors (Lipinski definition) is 0. The van der Waals surface area contributed by atoms with Crippen LogP contribution in [-0.2, 0) is 0 Å². The molecule has 0 aromatic heterocycles. The predicted octanol–water partition coefficient (Wildman–Crippen LogP) is 5.27. The summed E-state index contributed by atoms with van der Waals surface area (Å²) in [6, 6.07) is 44.3. The first kappa shape index (κ1) is 23.9. The van der Waals surface area contributed by atoms with Crippen molar-refractivity contribution in [1.82, 2.24) is 0 Å². The van der Waals surface area contributed by atoms with Gasteiger partial charge in [0.25, 0.3) is 0 Å². The second kappa shape index (κ2) is 11.3. The Bertz CT molecular complexity index is 1020. The Morgan fingerprint density at radius 2 is 0.594 bits per heavy atom. The molecule has 4 aromatic carbocycles. The van der Waals surface area contributed by atoms with E-state index in [1.807, 2.05) is 0 Å². The van der Waals surface area contributed by atoms with Gasteiger partial charge in [0.15, 0.2) is 0 Å². The topological polar surface area (TPSA) is 0 Å². The van der Waals surface area contributed by atoms with Crippen molar-refractivity contribution in [3.63, 3.8) is 0 Å². The number of rotatable bonds is 9. The molecule has 0 saturated heterocycles. The molecule has 0 fully saturated rings. The zero-order valence-corrected chi connectivity index (χ0v) is 23.3. The molecule has 0 aliphatic heterocycles. The Kier molecular flexibility index (Phi) is 8.43. The molecule has 0 saturated carbocycles. The fourth-order valence-corrected chi connectivity index (χ4v) is 14.4. The van der Waals surface area contributed by atoms with E-state index >= 15 is 0 Å². The summed E-state index contributed by atoms with van der Waals surface area (Å²) in [5.74, 6) is 0. The van der Waals surface area contributed by atoms with Crippen LogP contribution in [0.3, 0.4) is 0 Å². The Balaban J connectivity index is 1.55. The van der Waals surface area contributed by atoms with Crippen molar-refractivity contribution in [3.8, 4) is 0 Å². The Labute approximate surface area is 207 Å². The van der Waals surface area contributed by atoms with Gasteiger partial charge in [-0.3, -0.25) is 0 Å². The molecule has 4 rings (SSSR count). The SMILES string of the molecule is [Se]=P(CCCCP(=[Se])(c1ccccc1)c1ccccc1)(c1ccccc1)c1ccccc1. The minimum absolute atomic E-state index is 1.20. The van der Waals surface area contributed by atoms with E-state index in [2.05, 4.69) is 152 Å². The summed E-state index contributed by atoms with van der Waals surface area (Å²) >= 11 is 7.39. The molecular weight excluding hydrogens is 556 g/mol. The van der Waals surface area contributed by atoms with Crippen molar-refractivity contribution in [3.05, 3.63) is 121 Å². The van der Waals surface area contributed by atoms with Gasteiger partial charge >= 0.3 is 209 Å². The maximum atomic E-state index is 3.70.